The van der Waals surface area contributed by atoms with Gasteiger partial charge in [0.1, 0.15) is 61.0 Å². The minimum atomic E-state index is -1.74. The van der Waals surface area contributed by atoms with E-state index in [2.05, 4.69) is 27.7 Å². The van der Waals surface area contributed by atoms with Crippen LogP contribution in [0.3, 0.4) is 0 Å². The SMILES string of the molecule is CC1=C(CC[C@@H](C)CO[C@@H]2O[C@H](CO)[C@@H](O)[C@H](C)[C@H]2O)C[C@@H]2O[C@@H]3[C@@H]4CC[C@@H]5C[C@@H](O[C@@H]6O[C@H](CO)[C@@H](O)[C@H](O)[C@H]6O[C@@H]6O[C@H](CO)[C@@H](O)[C@H](O)[C@H]6O)CC[C@@]5(C)[C@H]4CC[C@@]3(C)[C@H]12. The van der Waals surface area contributed by atoms with Crippen LogP contribution in [-0.4, -0.2) is 182 Å². The molecule has 362 valence electrons. The lowest BCUT2D eigenvalue weighted by molar-refractivity contribution is -0.373. The van der Waals surface area contributed by atoms with Crippen LogP contribution in [0.1, 0.15) is 98.8 Å². The fourth-order valence-corrected chi connectivity index (χ4v) is 13.7. The molecule has 0 aromatic heterocycles. The normalized spacial score (nSPS) is 52.8. The van der Waals surface area contributed by atoms with Crippen molar-refractivity contribution in [3.8, 4) is 0 Å². The van der Waals surface area contributed by atoms with Gasteiger partial charge in [0.05, 0.1) is 50.8 Å². The van der Waals surface area contributed by atoms with Crippen molar-refractivity contribution in [1.29, 1.82) is 0 Å². The second-order valence-electron chi connectivity index (χ2n) is 21.2. The second-order valence-corrected chi connectivity index (χ2v) is 21.2. The van der Waals surface area contributed by atoms with Gasteiger partial charge in [-0.3, -0.25) is 0 Å². The second kappa shape index (κ2) is 19.2. The van der Waals surface area contributed by atoms with Crippen molar-refractivity contribution in [1.82, 2.24) is 0 Å². The highest BCUT2D eigenvalue weighted by atomic mass is 16.8. The van der Waals surface area contributed by atoms with Gasteiger partial charge in [0.2, 0.25) is 0 Å². The molecule has 0 spiro atoms. The fraction of sp³-hybridized carbons (Fsp3) is 0.957. The zero-order valence-electron chi connectivity index (χ0n) is 37.5. The van der Waals surface area contributed by atoms with E-state index in [1.807, 2.05) is 0 Å². The summed E-state index contributed by atoms with van der Waals surface area (Å²) in [7, 11) is 0. The van der Waals surface area contributed by atoms with Gasteiger partial charge in [0.25, 0.3) is 0 Å². The van der Waals surface area contributed by atoms with Gasteiger partial charge in [-0.05, 0) is 100 Å². The van der Waals surface area contributed by atoms with Crippen LogP contribution < -0.4 is 0 Å². The van der Waals surface area contributed by atoms with E-state index in [-0.39, 0.29) is 41.7 Å². The van der Waals surface area contributed by atoms with Gasteiger partial charge in [-0.2, -0.15) is 0 Å². The maximum absolute atomic E-state index is 11.2. The molecular weight excluding hydrogens is 824 g/mol. The lowest BCUT2D eigenvalue weighted by atomic mass is 9.45. The topological polar surface area (TPSA) is 267 Å². The zero-order valence-corrected chi connectivity index (χ0v) is 37.5. The number of ether oxygens (including phenoxy) is 7. The summed E-state index contributed by atoms with van der Waals surface area (Å²) in [5.41, 5.74) is 3.08. The molecule has 0 radical (unpaired) electrons. The van der Waals surface area contributed by atoms with Crippen molar-refractivity contribution >= 4 is 0 Å². The number of aliphatic hydroxyl groups excluding tert-OH is 10. The largest absolute Gasteiger partial charge is 0.394 e. The van der Waals surface area contributed by atoms with Crippen molar-refractivity contribution in [2.45, 2.75) is 203 Å². The third kappa shape index (κ3) is 8.75. The van der Waals surface area contributed by atoms with Crippen LogP contribution >= 0.6 is 0 Å². The predicted molar refractivity (Wildman–Crippen MR) is 221 cm³/mol. The maximum Gasteiger partial charge on any atom is 0.187 e. The number of hydrogen-bond donors (Lipinski definition) is 10. The molecule has 3 saturated carbocycles. The third-order valence-electron chi connectivity index (χ3n) is 17.6. The van der Waals surface area contributed by atoms with Gasteiger partial charge >= 0.3 is 0 Å². The number of aliphatic hydroxyl groups is 10. The van der Waals surface area contributed by atoms with Gasteiger partial charge in [-0.25, -0.2) is 0 Å². The van der Waals surface area contributed by atoms with E-state index in [9.17, 15) is 51.1 Å². The Bertz CT molecular complexity index is 1580. The van der Waals surface area contributed by atoms with Crippen LogP contribution in [0.5, 0.6) is 0 Å². The van der Waals surface area contributed by atoms with Gasteiger partial charge in [0, 0.05) is 17.3 Å². The lowest BCUT2D eigenvalue weighted by Crippen LogP contribution is -2.65. The van der Waals surface area contributed by atoms with E-state index in [1.54, 1.807) is 6.92 Å². The Balaban J connectivity index is 0.872. The van der Waals surface area contributed by atoms with Crippen molar-refractivity contribution in [3.63, 3.8) is 0 Å². The summed E-state index contributed by atoms with van der Waals surface area (Å²) >= 11 is 0. The van der Waals surface area contributed by atoms with Crippen molar-refractivity contribution in [3.05, 3.63) is 11.1 Å². The van der Waals surface area contributed by atoms with Crippen molar-refractivity contribution < 1.29 is 84.2 Å². The Morgan fingerprint density at radius 1 is 0.683 bits per heavy atom. The average molecular weight is 901 g/mol. The Kier molecular flexibility index (Phi) is 14.8. The molecule has 17 heteroatoms. The van der Waals surface area contributed by atoms with Crippen molar-refractivity contribution in [2.24, 2.45) is 46.3 Å². The quantitative estimate of drug-likeness (QED) is 0.0877. The third-order valence-corrected chi connectivity index (χ3v) is 17.6. The summed E-state index contributed by atoms with van der Waals surface area (Å²) in [6, 6.07) is 0. The maximum atomic E-state index is 11.2. The Morgan fingerprint density at radius 3 is 2.02 bits per heavy atom. The van der Waals surface area contributed by atoms with Crippen LogP contribution in [0.15, 0.2) is 11.1 Å². The molecule has 4 aliphatic heterocycles. The van der Waals surface area contributed by atoms with Crippen molar-refractivity contribution in [2.75, 3.05) is 26.4 Å². The minimum Gasteiger partial charge on any atom is -0.394 e. The molecule has 25 atom stereocenters. The van der Waals surface area contributed by atoms with Crippen LogP contribution in [0.2, 0.25) is 0 Å². The van der Waals surface area contributed by atoms with Gasteiger partial charge in [-0.1, -0.05) is 38.8 Å². The summed E-state index contributed by atoms with van der Waals surface area (Å²) in [6.45, 7) is 9.91. The Labute approximate surface area is 370 Å². The first kappa shape index (κ1) is 48.5. The molecule has 8 aliphatic rings. The molecule has 0 unspecified atom stereocenters. The smallest absolute Gasteiger partial charge is 0.187 e. The minimum absolute atomic E-state index is 0.0534. The van der Waals surface area contributed by atoms with Crippen LogP contribution in [0, 0.1) is 46.3 Å². The summed E-state index contributed by atoms with van der Waals surface area (Å²) in [4.78, 5) is 0. The van der Waals surface area contributed by atoms with E-state index in [1.165, 1.54) is 11.1 Å². The summed E-state index contributed by atoms with van der Waals surface area (Å²) in [5.74, 6) is 1.44. The van der Waals surface area contributed by atoms with Crippen LogP contribution in [0.4, 0.5) is 0 Å². The first-order chi connectivity index (χ1) is 29.9. The molecule has 0 aromatic carbocycles. The van der Waals surface area contributed by atoms with E-state index < -0.39 is 105 Å². The number of fused-ring (bicyclic) bond motifs is 7. The Hall–Kier alpha value is -0.940. The van der Waals surface area contributed by atoms with E-state index in [0.29, 0.717) is 36.7 Å². The van der Waals surface area contributed by atoms with Crippen LogP contribution in [-0.2, 0) is 33.2 Å². The highest BCUT2D eigenvalue weighted by Gasteiger charge is 2.65. The standard InChI is InChI=1S/C46H76O17/c1-20(19-57-42-34(51)22(3)33(50)29(16-47)60-42)6-7-23-14-28-32(21(23)2)46(5)13-11-27-26(41(46)59-28)9-8-24-15-25(10-12-45(24,27)4)58-44-40(38(55)36(53)31(18-49)62-44)63-43-39(56)37(54)35(52)30(17-48)61-43/h20,22,24-44,47-56H,6-19H2,1-5H3/t20-,22+,24-,25+,26-,27+,28+,29-,30-,31-,32-,33+,34-,35-,36-,37+,38+,39-,40-,41-,42-,43+,44-,45-,46+/m1/s1. The molecule has 63 heavy (non-hydrogen) atoms. The summed E-state index contributed by atoms with van der Waals surface area (Å²) in [5, 5.41) is 104. The molecule has 0 bridgehead atoms. The molecule has 4 aliphatic carbocycles. The van der Waals surface area contributed by atoms with E-state index in [0.717, 1.165) is 57.8 Å². The molecule has 7 fully saturated rings. The first-order valence-corrected chi connectivity index (χ1v) is 23.8. The van der Waals surface area contributed by atoms with Gasteiger partial charge in [0.15, 0.2) is 18.9 Å². The highest BCUT2D eigenvalue weighted by molar-refractivity contribution is 5.31. The average Bonchev–Trinajstić information content (AvgIpc) is 3.76. The summed E-state index contributed by atoms with van der Waals surface area (Å²) in [6.07, 6.45) is -8.86. The number of rotatable bonds is 13. The molecule has 0 aromatic rings. The first-order valence-electron chi connectivity index (χ1n) is 23.8. The molecule has 10 N–H and O–H groups in total. The van der Waals surface area contributed by atoms with Crippen LogP contribution in [0.25, 0.3) is 0 Å². The molecule has 4 heterocycles. The zero-order chi connectivity index (χ0) is 45.3. The Morgan fingerprint density at radius 2 is 1.32 bits per heavy atom. The highest BCUT2D eigenvalue weighted by Crippen LogP contribution is 2.67. The predicted octanol–water partition coefficient (Wildman–Crippen LogP) is 0.240. The van der Waals surface area contributed by atoms with Gasteiger partial charge < -0.3 is 84.2 Å². The molecular formula is C46H76O17. The van der Waals surface area contributed by atoms with Gasteiger partial charge in [-0.15, -0.1) is 0 Å². The molecule has 17 nitrogen and oxygen atoms in total. The fourth-order valence-electron chi connectivity index (χ4n) is 13.7. The van der Waals surface area contributed by atoms with E-state index >= 15 is 0 Å². The molecule has 0 amide bonds. The number of hydrogen-bond acceptors (Lipinski definition) is 17. The summed E-state index contributed by atoms with van der Waals surface area (Å²) < 4.78 is 42.9. The lowest BCUT2D eigenvalue weighted by Gasteiger charge is -2.60. The monoisotopic (exact) mass is 901 g/mol. The molecule has 4 saturated heterocycles. The molecule has 8 rings (SSSR count). The van der Waals surface area contributed by atoms with E-state index in [4.69, 9.17) is 33.2 Å².